The van der Waals surface area contributed by atoms with Gasteiger partial charge in [0.25, 0.3) is 0 Å². The molecule has 0 atom stereocenters. The van der Waals surface area contributed by atoms with Gasteiger partial charge in [-0.1, -0.05) is 12.1 Å². The summed E-state index contributed by atoms with van der Waals surface area (Å²) < 4.78 is 12.7. The van der Waals surface area contributed by atoms with Crippen molar-refractivity contribution in [3.8, 4) is 0 Å². The van der Waals surface area contributed by atoms with E-state index in [1.807, 2.05) is 0 Å². The van der Waals surface area contributed by atoms with E-state index in [1.54, 1.807) is 24.5 Å². The molecule has 0 unspecified atom stereocenters. The lowest BCUT2D eigenvalue weighted by Gasteiger charge is -2.02. The van der Waals surface area contributed by atoms with Gasteiger partial charge < -0.3 is 5.11 Å². The van der Waals surface area contributed by atoms with Crippen LogP contribution in [0, 0.1) is 5.82 Å². The number of benzene rings is 1. The van der Waals surface area contributed by atoms with Gasteiger partial charge in [-0.2, -0.15) is 0 Å². The fourth-order valence-electron chi connectivity index (χ4n) is 1.54. The number of hydrogen-bond acceptors (Lipinski definition) is 3. The van der Waals surface area contributed by atoms with E-state index in [1.165, 1.54) is 12.1 Å². The Bertz CT molecular complexity index is 538. The van der Waals surface area contributed by atoms with E-state index in [0.29, 0.717) is 6.42 Å². The normalized spacial score (nSPS) is 10.3. The first-order chi connectivity index (χ1) is 8.63. The Morgan fingerprint density at radius 2 is 1.72 bits per heavy atom. The van der Waals surface area contributed by atoms with Gasteiger partial charge in [0.2, 0.25) is 0 Å². The molecular weight excluding hydrogens is 235 g/mol. The molecule has 0 amide bonds. The van der Waals surface area contributed by atoms with Crippen LogP contribution in [0.1, 0.15) is 17.0 Å². The van der Waals surface area contributed by atoms with Gasteiger partial charge in [0.1, 0.15) is 18.1 Å². The van der Waals surface area contributed by atoms with E-state index in [0.717, 1.165) is 11.1 Å². The number of aliphatic carboxylic acids is 1. The molecule has 0 aliphatic carbocycles. The summed E-state index contributed by atoms with van der Waals surface area (Å²) in [5, 5.41) is 8.58. The number of carboxylic acids is 1. The summed E-state index contributed by atoms with van der Waals surface area (Å²) in [6, 6.07) is 6.19. The second kappa shape index (κ2) is 5.35. The van der Waals surface area contributed by atoms with Crippen LogP contribution in [0.4, 0.5) is 4.39 Å². The molecule has 0 aliphatic heterocycles. The second-order valence-electron chi connectivity index (χ2n) is 3.88. The quantitative estimate of drug-likeness (QED) is 0.894. The second-order valence-corrected chi connectivity index (χ2v) is 3.88. The molecule has 1 heterocycles. The smallest absolute Gasteiger partial charge is 0.311 e. The Morgan fingerprint density at radius 1 is 1.11 bits per heavy atom. The predicted octanol–water partition coefficient (Wildman–Crippen LogP) is 1.83. The third-order valence-corrected chi connectivity index (χ3v) is 2.39. The molecule has 92 valence electrons. The Morgan fingerprint density at radius 3 is 2.28 bits per heavy atom. The van der Waals surface area contributed by atoms with Crippen molar-refractivity contribution in [2.45, 2.75) is 12.8 Å². The van der Waals surface area contributed by atoms with Crippen LogP contribution >= 0.6 is 0 Å². The summed E-state index contributed by atoms with van der Waals surface area (Å²) in [4.78, 5) is 18.4. The van der Waals surface area contributed by atoms with Crippen LogP contribution in [0.15, 0.2) is 36.7 Å². The minimum absolute atomic E-state index is 0.184. The Kier molecular flexibility index (Phi) is 3.62. The van der Waals surface area contributed by atoms with Gasteiger partial charge in [-0.05, 0) is 23.3 Å². The topological polar surface area (TPSA) is 63.1 Å². The predicted molar refractivity (Wildman–Crippen MR) is 62.6 cm³/mol. The minimum Gasteiger partial charge on any atom is -0.481 e. The molecule has 2 aromatic rings. The van der Waals surface area contributed by atoms with Crippen LogP contribution in [-0.2, 0) is 17.6 Å². The molecule has 0 fully saturated rings. The van der Waals surface area contributed by atoms with E-state index >= 15 is 0 Å². The average molecular weight is 246 g/mol. The lowest BCUT2D eigenvalue weighted by Crippen LogP contribution is -2.05. The summed E-state index contributed by atoms with van der Waals surface area (Å²) in [5.41, 5.74) is 1.81. The van der Waals surface area contributed by atoms with Crippen molar-refractivity contribution in [3.63, 3.8) is 0 Å². The summed E-state index contributed by atoms with van der Waals surface area (Å²) in [5.74, 6) is -0.946. The molecule has 0 saturated carbocycles. The molecule has 1 aromatic carbocycles. The van der Waals surface area contributed by atoms with Crippen molar-refractivity contribution in [1.82, 2.24) is 9.97 Å². The van der Waals surface area contributed by atoms with Crippen molar-refractivity contribution < 1.29 is 14.3 Å². The molecule has 5 heteroatoms. The number of carboxylic acid groups (broad SMARTS) is 1. The van der Waals surface area contributed by atoms with Crippen molar-refractivity contribution in [3.05, 3.63) is 59.4 Å². The highest BCUT2D eigenvalue weighted by molar-refractivity contribution is 5.68. The van der Waals surface area contributed by atoms with Crippen LogP contribution in [0.5, 0.6) is 0 Å². The first-order valence-electron chi connectivity index (χ1n) is 5.39. The molecule has 0 bridgehead atoms. The molecule has 1 aromatic heterocycles. The fourth-order valence-corrected chi connectivity index (χ4v) is 1.54. The molecule has 0 saturated heterocycles. The van der Waals surface area contributed by atoms with Gasteiger partial charge in [0.05, 0.1) is 0 Å². The van der Waals surface area contributed by atoms with Crippen molar-refractivity contribution in [2.24, 2.45) is 0 Å². The fraction of sp³-hybridized carbons (Fsp3) is 0.154. The van der Waals surface area contributed by atoms with Crippen LogP contribution in [0.2, 0.25) is 0 Å². The number of nitrogens with zero attached hydrogens (tertiary/aromatic N) is 2. The molecule has 1 N–H and O–H groups in total. The van der Waals surface area contributed by atoms with Crippen LogP contribution in [-0.4, -0.2) is 21.0 Å². The molecule has 18 heavy (non-hydrogen) atoms. The minimum atomic E-state index is -0.957. The van der Waals surface area contributed by atoms with Gasteiger partial charge in [-0.15, -0.1) is 0 Å². The van der Waals surface area contributed by atoms with E-state index in [2.05, 4.69) is 9.97 Å². The number of carbonyl (C=O) groups is 1. The SMILES string of the molecule is O=C(O)Cc1ncc(Cc2ccc(F)cc2)cn1. The van der Waals surface area contributed by atoms with Gasteiger partial charge in [-0.3, -0.25) is 4.79 Å². The number of halogens is 1. The largest absolute Gasteiger partial charge is 0.481 e. The van der Waals surface area contributed by atoms with Crippen LogP contribution in [0.3, 0.4) is 0 Å². The van der Waals surface area contributed by atoms with Crippen LogP contribution in [0.25, 0.3) is 0 Å². The maximum absolute atomic E-state index is 12.7. The highest BCUT2D eigenvalue weighted by Crippen LogP contribution is 2.09. The first-order valence-corrected chi connectivity index (χ1v) is 5.39. The maximum atomic E-state index is 12.7. The molecule has 2 rings (SSSR count). The van der Waals surface area contributed by atoms with E-state index in [-0.39, 0.29) is 18.1 Å². The Hall–Kier alpha value is -2.30. The monoisotopic (exact) mass is 246 g/mol. The average Bonchev–Trinajstić information content (AvgIpc) is 2.34. The van der Waals surface area contributed by atoms with Crippen molar-refractivity contribution in [2.75, 3.05) is 0 Å². The lowest BCUT2D eigenvalue weighted by molar-refractivity contribution is -0.136. The van der Waals surface area contributed by atoms with Gasteiger partial charge in [0, 0.05) is 18.8 Å². The molecule has 4 nitrogen and oxygen atoms in total. The molecule has 0 radical (unpaired) electrons. The number of hydrogen-bond donors (Lipinski definition) is 1. The zero-order chi connectivity index (χ0) is 13.0. The summed E-state index contributed by atoms with van der Waals surface area (Å²) in [6.45, 7) is 0. The van der Waals surface area contributed by atoms with Gasteiger partial charge >= 0.3 is 5.97 Å². The number of rotatable bonds is 4. The van der Waals surface area contributed by atoms with E-state index in [9.17, 15) is 9.18 Å². The Balaban J connectivity index is 2.06. The highest BCUT2D eigenvalue weighted by Gasteiger charge is 2.04. The zero-order valence-electron chi connectivity index (χ0n) is 9.51. The van der Waals surface area contributed by atoms with Gasteiger partial charge in [0.15, 0.2) is 0 Å². The maximum Gasteiger partial charge on any atom is 0.311 e. The molecule has 0 aliphatic rings. The van der Waals surface area contributed by atoms with E-state index in [4.69, 9.17) is 5.11 Å². The standard InChI is InChI=1S/C13H11FN2O2/c14-11-3-1-9(2-4-11)5-10-7-15-12(16-8-10)6-13(17)18/h1-4,7-8H,5-6H2,(H,17,18). The van der Waals surface area contributed by atoms with Crippen molar-refractivity contribution >= 4 is 5.97 Å². The first kappa shape index (κ1) is 12.2. The Labute approximate surface area is 103 Å². The van der Waals surface area contributed by atoms with Crippen LogP contribution < -0.4 is 0 Å². The highest BCUT2D eigenvalue weighted by atomic mass is 19.1. The summed E-state index contributed by atoms with van der Waals surface area (Å²) in [6.07, 6.45) is 3.59. The molecular formula is C13H11FN2O2. The molecule has 0 spiro atoms. The van der Waals surface area contributed by atoms with Crippen molar-refractivity contribution in [1.29, 1.82) is 0 Å². The zero-order valence-corrected chi connectivity index (χ0v) is 9.51. The van der Waals surface area contributed by atoms with E-state index < -0.39 is 5.97 Å². The third-order valence-electron chi connectivity index (χ3n) is 2.39. The lowest BCUT2D eigenvalue weighted by atomic mass is 10.1. The van der Waals surface area contributed by atoms with Gasteiger partial charge in [-0.25, -0.2) is 14.4 Å². The third kappa shape index (κ3) is 3.35. The summed E-state index contributed by atoms with van der Waals surface area (Å²) in [7, 11) is 0. The summed E-state index contributed by atoms with van der Waals surface area (Å²) >= 11 is 0. The number of aromatic nitrogens is 2.